The summed E-state index contributed by atoms with van der Waals surface area (Å²) in [6.45, 7) is 4.12. The van der Waals surface area contributed by atoms with Gasteiger partial charge in [-0.25, -0.2) is 4.39 Å². The second-order valence-electron chi connectivity index (χ2n) is 5.74. The third-order valence-electron chi connectivity index (χ3n) is 3.76. The minimum absolute atomic E-state index is 0.278. The zero-order valence-corrected chi connectivity index (χ0v) is 12.8. The highest BCUT2D eigenvalue weighted by molar-refractivity contribution is 5.85. The van der Waals surface area contributed by atoms with E-state index < -0.39 is 5.41 Å². The van der Waals surface area contributed by atoms with Crippen LogP contribution in [0.1, 0.15) is 25.0 Å². The first-order valence-electron chi connectivity index (χ1n) is 7.17. The van der Waals surface area contributed by atoms with Crippen molar-refractivity contribution < 1.29 is 13.9 Å². The molecule has 0 bridgehead atoms. The number of halogens is 1. The van der Waals surface area contributed by atoms with E-state index in [-0.39, 0.29) is 11.7 Å². The number of carbonyl (C=O) groups is 1. The molecule has 2 aromatic rings. The van der Waals surface area contributed by atoms with Crippen LogP contribution in [-0.4, -0.2) is 12.5 Å². The fourth-order valence-corrected chi connectivity index (χ4v) is 2.05. The van der Waals surface area contributed by atoms with Crippen molar-refractivity contribution in [2.75, 3.05) is 6.61 Å². The van der Waals surface area contributed by atoms with Crippen molar-refractivity contribution in [3.63, 3.8) is 0 Å². The van der Waals surface area contributed by atoms with Crippen molar-refractivity contribution in [1.29, 1.82) is 0 Å². The Morgan fingerprint density at radius 1 is 1.09 bits per heavy atom. The molecule has 0 aliphatic heterocycles. The Morgan fingerprint density at radius 3 is 2.23 bits per heavy atom. The normalized spacial score (nSPS) is 11.2. The lowest BCUT2D eigenvalue weighted by Crippen LogP contribution is -2.35. The van der Waals surface area contributed by atoms with Crippen LogP contribution in [0.5, 0.6) is 5.75 Å². The van der Waals surface area contributed by atoms with Crippen LogP contribution in [0, 0.1) is 5.82 Å². The largest absolute Gasteiger partial charge is 0.493 e. The molecule has 0 saturated heterocycles. The van der Waals surface area contributed by atoms with Crippen molar-refractivity contribution in [2.45, 2.75) is 25.7 Å². The maximum atomic E-state index is 12.8. The molecule has 0 spiro atoms. The monoisotopic (exact) mass is 301 g/mol. The first-order valence-corrected chi connectivity index (χ1v) is 7.17. The van der Waals surface area contributed by atoms with Gasteiger partial charge in [0.15, 0.2) is 0 Å². The molecule has 0 saturated carbocycles. The van der Waals surface area contributed by atoms with E-state index in [9.17, 15) is 9.18 Å². The minimum atomic E-state index is -0.677. The van der Waals surface area contributed by atoms with E-state index in [1.54, 1.807) is 12.1 Å². The number of rotatable bonds is 6. The molecular weight excluding hydrogens is 281 g/mol. The molecule has 0 heterocycles. The Bertz CT molecular complexity index is 633. The van der Waals surface area contributed by atoms with Gasteiger partial charge in [0, 0.05) is 6.42 Å². The predicted octanol–water partition coefficient (Wildman–Crippen LogP) is 3.21. The van der Waals surface area contributed by atoms with Gasteiger partial charge in [-0.1, -0.05) is 24.3 Å². The molecule has 0 aliphatic rings. The van der Waals surface area contributed by atoms with Crippen molar-refractivity contribution >= 4 is 5.91 Å². The molecule has 2 rings (SSSR count). The highest BCUT2D eigenvalue weighted by Crippen LogP contribution is 2.23. The van der Waals surface area contributed by atoms with E-state index in [0.717, 1.165) is 17.5 Å². The Morgan fingerprint density at radius 2 is 1.68 bits per heavy atom. The van der Waals surface area contributed by atoms with Gasteiger partial charge < -0.3 is 10.5 Å². The number of benzene rings is 2. The molecular formula is C18H20FNO2. The van der Waals surface area contributed by atoms with Crippen LogP contribution in [0.4, 0.5) is 4.39 Å². The first kappa shape index (κ1) is 16.0. The second-order valence-corrected chi connectivity index (χ2v) is 5.74. The molecule has 0 unspecified atom stereocenters. The van der Waals surface area contributed by atoms with Gasteiger partial charge in [-0.05, 0) is 49.2 Å². The second kappa shape index (κ2) is 6.60. The van der Waals surface area contributed by atoms with Gasteiger partial charge in [0.05, 0.1) is 12.0 Å². The zero-order valence-electron chi connectivity index (χ0n) is 12.8. The summed E-state index contributed by atoms with van der Waals surface area (Å²) in [5.41, 5.74) is 6.73. The summed E-state index contributed by atoms with van der Waals surface area (Å²) in [7, 11) is 0. The lowest BCUT2D eigenvalue weighted by Gasteiger charge is -2.21. The fraction of sp³-hybridized carbons (Fsp3) is 0.278. The highest BCUT2D eigenvalue weighted by Gasteiger charge is 2.26. The van der Waals surface area contributed by atoms with Crippen molar-refractivity contribution in [2.24, 2.45) is 5.73 Å². The zero-order chi connectivity index (χ0) is 16.2. The van der Waals surface area contributed by atoms with Gasteiger partial charge in [-0.15, -0.1) is 0 Å². The summed E-state index contributed by atoms with van der Waals surface area (Å²) in [5, 5.41) is 0. The Kier molecular flexibility index (Phi) is 4.81. The molecule has 22 heavy (non-hydrogen) atoms. The molecule has 3 nitrogen and oxygen atoms in total. The van der Waals surface area contributed by atoms with Gasteiger partial charge in [0.25, 0.3) is 0 Å². The van der Waals surface area contributed by atoms with Crippen molar-refractivity contribution in [3.05, 3.63) is 65.5 Å². The number of hydrogen-bond acceptors (Lipinski definition) is 2. The molecule has 2 N–H and O–H groups in total. The molecule has 116 valence electrons. The summed E-state index contributed by atoms with van der Waals surface area (Å²) >= 11 is 0. The van der Waals surface area contributed by atoms with E-state index in [2.05, 4.69) is 0 Å². The average Bonchev–Trinajstić information content (AvgIpc) is 2.49. The fourth-order valence-electron chi connectivity index (χ4n) is 2.05. The molecule has 0 aliphatic carbocycles. The number of primary amides is 1. The van der Waals surface area contributed by atoms with E-state index in [4.69, 9.17) is 10.5 Å². The van der Waals surface area contributed by atoms with Crippen LogP contribution in [0.25, 0.3) is 0 Å². The standard InChI is InChI=1S/C18H20FNO2/c1-18(2,17(20)21)14-5-3-13(4-6-14)11-12-22-16-9-7-15(19)8-10-16/h3-10H,11-12H2,1-2H3,(H2,20,21). The predicted molar refractivity (Wildman–Crippen MR) is 84.3 cm³/mol. The lowest BCUT2D eigenvalue weighted by molar-refractivity contribution is -0.122. The van der Waals surface area contributed by atoms with E-state index in [1.807, 2.05) is 38.1 Å². The van der Waals surface area contributed by atoms with E-state index in [0.29, 0.717) is 12.4 Å². The topological polar surface area (TPSA) is 52.3 Å². The summed E-state index contributed by atoms with van der Waals surface area (Å²) in [4.78, 5) is 11.4. The van der Waals surface area contributed by atoms with Crippen molar-refractivity contribution in [3.8, 4) is 5.75 Å². The summed E-state index contributed by atoms with van der Waals surface area (Å²) in [6.07, 6.45) is 0.731. The lowest BCUT2D eigenvalue weighted by atomic mass is 9.83. The number of hydrogen-bond donors (Lipinski definition) is 1. The van der Waals surface area contributed by atoms with Crippen LogP contribution in [0.3, 0.4) is 0 Å². The van der Waals surface area contributed by atoms with Crippen LogP contribution in [0.2, 0.25) is 0 Å². The molecule has 0 radical (unpaired) electrons. The average molecular weight is 301 g/mol. The third-order valence-corrected chi connectivity index (χ3v) is 3.76. The van der Waals surface area contributed by atoms with Crippen LogP contribution in [0.15, 0.2) is 48.5 Å². The SMILES string of the molecule is CC(C)(C(N)=O)c1ccc(CCOc2ccc(F)cc2)cc1. The number of carbonyl (C=O) groups excluding carboxylic acids is 1. The summed E-state index contributed by atoms with van der Waals surface area (Å²) in [5.74, 6) is 0.0211. The Hall–Kier alpha value is -2.36. The van der Waals surface area contributed by atoms with Gasteiger partial charge in [-0.3, -0.25) is 4.79 Å². The van der Waals surface area contributed by atoms with Crippen LogP contribution >= 0.6 is 0 Å². The molecule has 0 aromatic heterocycles. The summed E-state index contributed by atoms with van der Waals surface area (Å²) < 4.78 is 18.3. The maximum Gasteiger partial charge on any atom is 0.227 e. The number of ether oxygens (including phenoxy) is 1. The number of amides is 1. The van der Waals surface area contributed by atoms with Crippen LogP contribution < -0.4 is 10.5 Å². The molecule has 4 heteroatoms. The molecule has 0 atom stereocenters. The molecule has 2 aromatic carbocycles. The summed E-state index contributed by atoms with van der Waals surface area (Å²) in [6, 6.07) is 13.7. The van der Waals surface area contributed by atoms with E-state index >= 15 is 0 Å². The molecule has 0 fully saturated rings. The van der Waals surface area contributed by atoms with Gasteiger partial charge in [0.1, 0.15) is 11.6 Å². The van der Waals surface area contributed by atoms with Crippen molar-refractivity contribution in [1.82, 2.24) is 0 Å². The minimum Gasteiger partial charge on any atom is -0.493 e. The first-order chi connectivity index (χ1) is 10.4. The van der Waals surface area contributed by atoms with Gasteiger partial charge in [-0.2, -0.15) is 0 Å². The Labute approximate surface area is 129 Å². The smallest absolute Gasteiger partial charge is 0.227 e. The Balaban J connectivity index is 1.92. The van der Waals surface area contributed by atoms with Crippen LogP contribution in [-0.2, 0) is 16.6 Å². The van der Waals surface area contributed by atoms with Gasteiger partial charge in [0.2, 0.25) is 5.91 Å². The maximum absolute atomic E-state index is 12.8. The van der Waals surface area contributed by atoms with E-state index in [1.165, 1.54) is 12.1 Å². The highest BCUT2D eigenvalue weighted by atomic mass is 19.1. The third kappa shape index (κ3) is 3.85. The van der Waals surface area contributed by atoms with Gasteiger partial charge >= 0.3 is 0 Å². The number of nitrogens with two attached hydrogens (primary N) is 1. The quantitative estimate of drug-likeness (QED) is 0.890. The molecule has 1 amide bonds.